The number of anilines is 2. The summed E-state index contributed by atoms with van der Waals surface area (Å²) in [7, 11) is 0. The average Bonchev–Trinajstić information content (AvgIpc) is 2.90. The molecule has 0 radical (unpaired) electrons. The van der Waals surface area contributed by atoms with E-state index >= 15 is 0 Å². The van der Waals surface area contributed by atoms with E-state index < -0.39 is 6.04 Å². The monoisotopic (exact) mass is 505 g/mol. The smallest absolute Gasteiger partial charge is 0.257 e. The molecule has 4 rings (SSSR count). The first-order valence-electron chi connectivity index (χ1n) is 12.2. The molecule has 1 aromatic rings. The predicted octanol–water partition coefficient (Wildman–Crippen LogP) is 6.24. The first-order valence-corrected chi connectivity index (χ1v) is 12.6. The number of fused-ring (bicyclic) bond motifs is 2. The number of nitrogens with one attached hydrogen (secondary N) is 2. The van der Waals surface area contributed by atoms with E-state index in [0.29, 0.717) is 27.9 Å². The molecule has 1 aromatic carbocycles. The molecule has 7 heteroatoms. The molecule has 0 saturated heterocycles. The van der Waals surface area contributed by atoms with Crippen LogP contribution in [-0.2, 0) is 9.59 Å². The zero-order valence-electron chi connectivity index (χ0n) is 21.5. The Morgan fingerprint density at radius 3 is 2.36 bits per heavy atom. The van der Waals surface area contributed by atoms with Gasteiger partial charge in [-0.15, -0.1) is 0 Å². The van der Waals surface area contributed by atoms with Crippen molar-refractivity contribution in [2.45, 2.75) is 53.5 Å². The molecule has 36 heavy (non-hydrogen) atoms. The van der Waals surface area contributed by atoms with Crippen molar-refractivity contribution in [2.24, 2.45) is 5.92 Å². The maximum atomic E-state index is 13.7. The van der Waals surface area contributed by atoms with Crippen molar-refractivity contribution < 1.29 is 14.4 Å². The summed E-state index contributed by atoms with van der Waals surface area (Å²) in [5, 5.41) is 6.25. The summed E-state index contributed by atoms with van der Waals surface area (Å²) >= 11 is 6.07. The summed E-state index contributed by atoms with van der Waals surface area (Å²) in [5.41, 5.74) is 6.78. The lowest BCUT2D eigenvalue weighted by atomic mass is 9.99. The lowest BCUT2D eigenvalue weighted by Gasteiger charge is -2.32. The second-order valence-corrected chi connectivity index (χ2v) is 10.6. The van der Waals surface area contributed by atoms with Gasteiger partial charge < -0.3 is 15.5 Å². The van der Waals surface area contributed by atoms with Crippen LogP contribution in [0.3, 0.4) is 0 Å². The van der Waals surface area contributed by atoms with Crippen molar-refractivity contribution in [1.82, 2.24) is 4.90 Å². The van der Waals surface area contributed by atoms with E-state index in [0.717, 1.165) is 22.3 Å². The van der Waals surface area contributed by atoms with E-state index in [1.165, 1.54) is 10.5 Å². The minimum absolute atomic E-state index is 0.228. The summed E-state index contributed by atoms with van der Waals surface area (Å²) in [6.45, 7) is 11.9. The molecule has 3 amide bonds. The quantitative estimate of drug-likeness (QED) is 0.430. The van der Waals surface area contributed by atoms with Crippen molar-refractivity contribution in [3.63, 3.8) is 0 Å². The second kappa shape index (κ2) is 9.94. The number of hydrogen-bond donors (Lipinski definition) is 2. The van der Waals surface area contributed by atoms with E-state index in [-0.39, 0.29) is 30.2 Å². The Kier molecular flexibility index (Phi) is 7.10. The average molecular weight is 506 g/mol. The summed E-state index contributed by atoms with van der Waals surface area (Å²) in [6, 6.07) is 12.3. The summed E-state index contributed by atoms with van der Waals surface area (Å²) in [4.78, 5) is 41.3. The Bertz CT molecular complexity index is 1330. The fourth-order valence-electron chi connectivity index (χ4n) is 4.91. The third-order valence-electron chi connectivity index (χ3n) is 6.78. The van der Waals surface area contributed by atoms with Gasteiger partial charge in [-0.25, -0.2) is 0 Å². The Hall–Kier alpha value is -3.38. The van der Waals surface area contributed by atoms with Crippen LogP contribution >= 0.6 is 11.6 Å². The number of nitrogens with zero attached hydrogens (tertiary/aromatic N) is 1. The van der Waals surface area contributed by atoms with Crippen LogP contribution in [0.25, 0.3) is 11.1 Å². The molecule has 2 aliphatic carbocycles. The highest BCUT2D eigenvalue weighted by atomic mass is 35.5. The number of hydrogen-bond acceptors (Lipinski definition) is 3. The fourth-order valence-corrected chi connectivity index (χ4v) is 5.08. The van der Waals surface area contributed by atoms with Gasteiger partial charge >= 0.3 is 0 Å². The number of aryl methyl sites for hydroxylation is 2. The normalized spacial score (nSPS) is 14.6. The van der Waals surface area contributed by atoms with E-state index in [4.69, 9.17) is 11.6 Å². The van der Waals surface area contributed by atoms with Crippen molar-refractivity contribution in [3.05, 3.63) is 69.7 Å². The van der Waals surface area contributed by atoms with Crippen LogP contribution in [0.4, 0.5) is 11.4 Å². The molecule has 0 fully saturated rings. The minimum atomic E-state index is -0.848. The lowest BCUT2D eigenvalue weighted by Crippen LogP contribution is -2.51. The standard InChI is InChI=1S/C29H32ClN3O3/c1-15(2)19-8-7-17(5)26-22(12-19)18(6)11-24(26)32-28(35)27(16(3)4)33-14-25(34)31-23-13-20(30)9-10-21(23)29(33)36/h7-13,15-16,27H,14H2,1-6H3,(H,31,34)(H,32,35). The van der Waals surface area contributed by atoms with Crippen LogP contribution in [0.15, 0.2) is 42.5 Å². The van der Waals surface area contributed by atoms with Crippen molar-refractivity contribution in [1.29, 1.82) is 0 Å². The molecule has 0 aromatic heterocycles. The second-order valence-electron chi connectivity index (χ2n) is 10.2. The van der Waals surface area contributed by atoms with Crippen molar-refractivity contribution in [2.75, 3.05) is 17.2 Å². The maximum Gasteiger partial charge on any atom is 0.257 e. The van der Waals surface area contributed by atoms with Crippen LogP contribution in [0, 0.1) is 19.8 Å². The lowest BCUT2D eigenvalue weighted by molar-refractivity contribution is -0.123. The summed E-state index contributed by atoms with van der Waals surface area (Å²) < 4.78 is 0. The Balaban J connectivity index is 1.71. The molecule has 0 spiro atoms. The highest BCUT2D eigenvalue weighted by molar-refractivity contribution is 6.31. The van der Waals surface area contributed by atoms with E-state index in [9.17, 15) is 14.4 Å². The zero-order valence-corrected chi connectivity index (χ0v) is 22.3. The molecule has 1 atom stereocenters. The summed E-state index contributed by atoms with van der Waals surface area (Å²) in [6.07, 6.45) is 0. The molecule has 3 aliphatic rings. The molecule has 1 unspecified atom stereocenters. The number of carbonyl (C=O) groups excluding carboxylic acids is 3. The van der Waals surface area contributed by atoms with Crippen LogP contribution in [-0.4, -0.2) is 35.2 Å². The number of rotatable bonds is 5. The fraction of sp³-hybridized carbons (Fsp3) is 0.345. The third-order valence-corrected chi connectivity index (χ3v) is 7.01. The van der Waals surface area contributed by atoms with Crippen LogP contribution in [0.5, 0.6) is 0 Å². The first kappa shape index (κ1) is 25.7. The maximum absolute atomic E-state index is 13.7. The highest BCUT2D eigenvalue weighted by Gasteiger charge is 2.37. The molecular formula is C29H32ClN3O3. The number of halogens is 1. The van der Waals surface area contributed by atoms with Crippen molar-refractivity contribution >= 4 is 40.7 Å². The Morgan fingerprint density at radius 2 is 1.69 bits per heavy atom. The van der Waals surface area contributed by atoms with Gasteiger partial charge in [0.15, 0.2) is 0 Å². The van der Waals surface area contributed by atoms with Gasteiger partial charge in [-0.05, 0) is 72.2 Å². The van der Waals surface area contributed by atoms with Gasteiger partial charge in [-0.3, -0.25) is 14.4 Å². The van der Waals surface area contributed by atoms with Crippen LogP contribution in [0.2, 0.25) is 5.02 Å². The van der Waals surface area contributed by atoms with E-state index in [2.05, 4.69) is 42.7 Å². The van der Waals surface area contributed by atoms with E-state index in [1.807, 2.05) is 33.8 Å². The molecular weight excluding hydrogens is 474 g/mol. The van der Waals surface area contributed by atoms with Gasteiger partial charge in [0.2, 0.25) is 11.8 Å². The van der Waals surface area contributed by atoms with Gasteiger partial charge in [-0.2, -0.15) is 0 Å². The molecule has 0 bridgehead atoms. The number of benzene rings is 1. The summed E-state index contributed by atoms with van der Waals surface area (Å²) in [5.74, 6) is -0.952. The van der Waals surface area contributed by atoms with Gasteiger partial charge in [0.1, 0.15) is 12.6 Å². The number of amides is 3. The van der Waals surface area contributed by atoms with Crippen molar-refractivity contribution in [3.8, 4) is 11.1 Å². The van der Waals surface area contributed by atoms with Gasteiger partial charge in [-0.1, -0.05) is 57.5 Å². The van der Waals surface area contributed by atoms with Gasteiger partial charge in [0.05, 0.1) is 11.3 Å². The zero-order chi connectivity index (χ0) is 26.3. The molecule has 0 saturated carbocycles. The van der Waals surface area contributed by atoms with Gasteiger partial charge in [0, 0.05) is 16.3 Å². The predicted molar refractivity (Wildman–Crippen MR) is 145 cm³/mol. The van der Waals surface area contributed by atoms with E-state index in [1.54, 1.807) is 18.2 Å². The molecule has 188 valence electrons. The van der Waals surface area contributed by atoms with Crippen LogP contribution < -0.4 is 10.6 Å². The SMILES string of the molecule is Cc1cc(NC(=O)C(C(C)C)N2CC(=O)Nc3cc(Cl)ccc3C2=O)c2c(C)ccc(C(C)C)cc1-2. The largest absolute Gasteiger partial charge is 0.324 e. The number of carbonyl (C=O) groups is 3. The molecule has 1 aliphatic heterocycles. The Labute approximate surface area is 217 Å². The molecule has 6 nitrogen and oxygen atoms in total. The third kappa shape index (κ3) is 4.82. The highest BCUT2D eigenvalue weighted by Crippen LogP contribution is 2.39. The van der Waals surface area contributed by atoms with Gasteiger partial charge in [0.25, 0.3) is 5.91 Å². The minimum Gasteiger partial charge on any atom is -0.324 e. The molecule has 2 N–H and O–H groups in total. The van der Waals surface area contributed by atoms with Crippen LogP contribution in [0.1, 0.15) is 60.7 Å². The molecule has 1 heterocycles. The topological polar surface area (TPSA) is 78.5 Å². The Morgan fingerprint density at radius 1 is 0.972 bits per heavy atom. The first-order chi connectivity index (χ1) is 17.0.